The molecule has 92 valence electrons. The van der Waals surface area contributed by atoms with Crippen molar-refractivity contribution in [1.82, 2.24) is 10.2 Å². The van der Waals surface area contributed by atoms with Crippen molar-refractivity contribution >= 4 is 5.91 Å². The Kier molecular flexibility index (Phi) is 6.06. The molecule has 0 aromatic heterocycles. The number of rotatable bonds is 5. The fourth-order valence-electron chi connectivity index (χ4n) is 2.06. The van der Waals surface area contributed by atoms with Crippen LogP contribution in [0, 0.1) is 28.6 Å². The second-order valence-electron chi connectivity index (χ2n) is 4.32. The van der Waals surface area contributed by atoms with Crippen molar-refractivity contribution in [2.45, 2.75) is 25.7 Å². The molecule has 0 spiro atoms. The van der Waals surface area contributed by atoms with Crippen LogP contribution >= 0.6 is 0 Å². The quantitative estimate of drug-likeness (QED) is 0.708. The van der Waals surface area contributed by atoms with Gasteiger partial charge in [0.05, 0.1) is 12.1 Å². The van der Waals surface area contributed by atoms with E-state index in [-0.39, 0.29) is 19.0 Å². The first-order valence-electron chi connectivity index (χ1n) is 6.00. The lowest BCUT2D eigenvalue weighted by atomic mass is 9.94. The van der Waals surface area contributed by atoms with E-state index in [0.717, 1.165) is 25.9 Å². The molecule has 0 aromatic carbocycles. The Hall–Kier alpha value is -1.59. The maximum atomic E-state index is 11.8. The molecule has 5 heteroatoms. The summed E-state index contributed by atoms with van der Waals surface area (Å²) in [4.78, 5) is 13.1. The van der Waals surface area contributed by atoms with Gasteiger partial charge in [-0.05, 0) is 38.3 Å². The van der Waals surface area contributed by atoms with Crippen molar-refractivity contribution in [1.29, 1.82) is 10.5 Å². The van der Waals surface area contributed by atoms with Gasteiger partial charge in [-0.25, -0.2) is 0 Å². The van der Waals surface area contributed by atoms with E-state index in [0.29, 0.717) is 12.3 Å². The number of carbonyl (C=O) groups excluding carboxylic acids is 1. The van der Waals surface area contributed by atoms with E-state index in [2.05, 4.69) is 5.32 Å². The van der Waals surface area contributed by atoms with Crippen LogP contribution in [-0.4, -0.2) is 37.0 Å². The number of nitriles is 2. The molecule has 5 nitrogen and oxygen atoms in total. The average Bonchev–Trinajstić information content (AvgIpc) is 2.37. The molecule has 1 unspecified atom stereocenters. The van der Waals surface area contributed by atoms with Gasteiger partial charge in [-0.1, -0.05) is 0 Å². The Balaban J connectivity index is 2.31. The molecule has 1 aliphatic rings. The van der Waals surface area contributed by atoms with E-state index in [1.54, 1.807) is 0 Å². The molecule has 0 radical (unpaired) electrons. The number of piperidine rings is 1. The minimum atomic E-state index is -0.0846. The predicted molar refractivity (Wildman–Crippen MR) is 62.6 cm³/mol. The third kappa shape index (κ3) is 4.84. The average molecular weight is 234 g/mol. The fraction of sp³-hybridized carbons (Fsp3) is 0.750. The SMILES string of the molecule is N#CCN(CC#N)C(=O)CCC1CCCNC1. The highest BCUT2D eigenvalue weighted by Crippen LogP contribution is 2.16. The van der Waals surface area contributed by atoms with E-state index in [9.17, 15) is 4.79 Å². The van der Waals surface area contributed by atoms with E-state index in [1.165, 1.54) is 11.3 Å². The molecule has 1 heterocycles. The summed E-state index contributed by atoms with van der Waals surface area (Å²) in [6.45, 7) is 2.06. The zero-order valence-electron chi connectivity index (χ0n) is 9.98. The molecule has 17 heavy (non-hydrogen) atoms. The van der Waals surface area contributed by atoms with Crippen LogP contribution in [0.15, 0.2) is 0 Å². The van der Waals surface area contributed by atoms with Gasteiger partial charge in [-0.15, -0.1) is 0 Å². The van der Waals surface area contributed by atoms with Crippen molar-refractivity contribution in [2.24, 2.45) is 5.92 Å². The predicted octanol–water partition coefficient (Wildman–Crippen LogP) is 0.642. The molecule has 0 aromatic rings. The molecule has 1 fully saturated rings. The monoisotopic (exact) mass is 234 g/mol. The van der Waals surface area contributed by atoms with Crippen LogP contribution in [0.25, 0.3) is 0 Å². The summed E-state index contributed by atoms with van der Waals surface area (Å²) >= 11 is 0. The summed E-state index contributed by atoms with van der Waals surface area (Å²) in [6.07, 6.45) is 3.62. The van der Waals surface area contributed by atoms with E-state index in [4.69, 9.17) is 10.5 Å². The molecule has 1 amide bonds. The summed E-state index contributed by atoms with van der Waals surface area (Å²) in [5, 5.41) is 20.4. The van der Waals surface area contributed by atoms with Crippen LogP contribution in [0.1, 0.15) is 25.7 Å². The zero-order valence-corrected chi connectivity index (χ0v) is 9.98. The highest BCUT2D eigenvalue weighted by Gasteiger charge is 2.17. The van der Waals surface area contributed by atoms with Crippen LogP contribution in [0.2, 0.25) is 0 Å². The third-order valence-electron chi connectivity index (χ3n) is 3.04. The zero-order chi connectivity index (χ0) is 12.5. The minimum absolute atomic E-state index is 0.00924. The summed E-state index contributed by atoms with van der Waals surface area (Å²) in [6, 6.07) is 3.83. The number of amides is 1. The normalized spacial score (nSPS) is 19.1. The van der Waals surface area contributed by atoms with Gasteiger partial charge in [0.2, 0.25) is 5.91 Å². The first kappa shape index (κ1) is 13.5. The molecule has 1 atom stereocenters. The lowest BCUT2D eigenvalue weighted by Crippen LogP contribution is -2.34. The van der Waals surface area contributed by atoms with Crippen LogP contribution in [0.3, 0.4) is 0 Å². The van der Waals surface area contributed by atoms with Crippen molar-refractivity contribution in [3.05, 3.63) is 0 Å². The standard InChI is InChI=1S/C12H18N4O/c13-5-8-16(9-6-14)12(17)4-3-11-2-1-7-15-10-11/h11,15H,1-4,7-10H2. The van der Waals surface area contributed by atoms with Gasteiger partial charge in [0.15, 0.2) is 0 Å². The Morgan fingerprint density at radius 2 is 2.06 bits per heavy atom. The highest BCUT2D eigenvalue weighted by molar-refractivity contribution is 5.76. The summed E-state index contributed by atoms with van der Waals surface area (Å²) < 4.78 is 0. The molecule has 1 saturated heterocycles. The van der Waals surface area contributed by atoms with Crippen molar-refractivity contribution < 1.29 is 4.79 Å². The molecular weight excluding hydrogens is 216 g/mol. The van der Waals surface area contributed by atoms with Crippen molar-refractivity contribution in [3.8, 4) is 12.1 Å². The lowest BCUT2D eigenvalue weighted by Gasteiger charge is -2.23. The van der Waals surface area contributed by atoms with E-state index >= 15 is 0 Å². The lowest BCUT2D eigenvalue weighted by molar-refractivity contribution is -0.130. The Morgan fingerprint density at radius 1 is 1.35 bits per heavy atom. The van der Waals surface area contributed by atoms with E-state index < -0.39 is 0 Å². The maximum Gasteiger partial charge on any atom is 0.224 e. The van der Waals surface area contributed by atoms with Gasteiger partial charge in [-0.2, -0.15) is 10.5 Å². The molecular formula is C12H18N4O. The second-order valence-corrected chi connectivity index (χ2v) is 4.32. The minimum Gasteiger partial charge on any atom is -0.316 e. The van der Waals surface area contributed by atoms with Crippen LogP contribution in [0.4, 0.5) is 0 Å². The number of nitrogens with zero attached hydrogens (tertiary/aromatic N) is 3. The molecule has 0 aliphatic carbocycles. The number of hydrogen-bond acceptors (Lipinski definition) is 4. The topological polar surface area (TPSA) is 79.9 Å². The van der Waals surface area contributed by atoms with E-state index in [1.807, 2.05) is 12.1 Å². The largest absolute Gasteiger partial charge is 0.316 e. The van der Waals surface area contributed by atoms with Crippen LogP contribution in [0.5, 0.6) is 0 Å². The first-order chi connectivity index (χ1) is 8.27. The van der Waals surface area contributed by atoms with Crippen LogP contribution < -0.4 is 5.32 Å². The molecule has 0 bridgehead atoms. The summed E-state index contributed by atoms with van der Waals surface area (Å²) in [7, 11) is 0. The Bertz CT molecular complexity index is 306. The maximum absolute atomic E-state index is 11.8. The summed E-state index contributed by atoms with van der Waals surface area (Å²) in [5.74, 6) is 0.470. The molecule has 1 aliphatic heterocycles. The van der Waals surface area contributed by atoms with Crippen molar-refractivity contribution in [3.63, 3.8) is 0 Å². The van der Waals surface area contributed by atoms with Gasteiger partial charge in [-0.3, -0.25) is 4.79 Å². The smallest absolute Gasteiger partial charge is 0.224 e. The number of hydrogen-bond donors (Lipinski definition) is 1. The number of carbonyl (C=O) groups is 1. The van der Waals surface area contributed by atoms with Crippen molar-refractivity contribution in [2.75, 3.05) is 26.2 Å². The van der Waals surface area contributed by atoms with Gasteiger partial charge < -0.3 is 10.2 Å². The summed E-state index contributed by atoms with van der Waals surface area (Å²) in [5.41, 5.74) is 0. The second kappa shape index (κ2) is 7.65. The molecule has 1 rings (SSSR count). The Labute approximate surface area is 102 Å². The van der Waals surface area contributed by atoms with Gasteiger partial charge in [0.1, 0.15) is 13.1 Å². The van der Waals surface area contributed by atoms with Crippen LogP contribution in [-0.2, 0) is 4.79 Å². The first-order valence-corrected chi connectivity index (χ1v) is 6.00. The molecule has 1 N–H and O–H groups in total. The van der Waals surface area contributed by atoms with Gasteiger partial charge >= 0.3 is 0 Å². The van der Waals surface area contributed by atoms with Gasteiger partial charge in [0, 0.05) is 6.42 Å². The fourth-order valence-corrected chi connectivity index (χ4v) is 2.06. The third-order valence-corrected chi connectivity index (χ3v) is 3.04. The highest BCUT2D eigenvalue weighted by atomic mass is 16.2. The Morgan fingerprint density at radius 3 is 2.59 bits per heavy atom. The van der Waals surface area contributed by atoms with Gasteiger partial charge in [0.25, 0.3) is 0 Å². The number of nitrogens with one attached hydrogen (secondary N) is 1. The molecule has 0 saturated carbocycles.